The Morgan fingerprint density at radius 2 is 1.67 bits per heavy atom. The summed E-state index contributed by atoms with van der Waals surface area (Å²) in [7, 11) is 0. The Morgan fingerprint density at radius 1 is 1.25 bits per heavy atom. The molecule has 0 aliphatic rings. The smallest absolute Gasteiger partial charge is 0.429 e. The molecule has 1 rings (SSSR count). The van der Waals surface area contributed by atoms with Gasteiger partial charge in [-0.2, -0.15) is 0 Å². The minimum atomic E-state index is 0. The molecule has 1 radical (unpaired) electrons. The summed E-state index contributed by atoms with van der Waals surface area (Å²) in [5.41, 5.74) is 0.652. The van der Waals surface area contributed by atoms with Crippen molar-refractivity contribution in [1.29, 1.82) is 0 Å². The van der Waals surface area contributed by atoms with Gasteiger partial charge in [0.1, 0.15) is 6.29 Å². The molecule has 0 fully saturated rings. The molecule has 0 aliphatic carbocycles. The SMILES string of the molecule is O=Cc1ccc(Cl)cc1.O[B]O. The number of benzene rings is 1. The average Bonchev–Trinajstić information content (AvgIpc) is 2.07. The monoisotopic (exact) mass is 185 g/mol. The second-order valence-electron chi connectivity index (χ2n) is 1.78. The Bertz CT molecular complexity index is 225. The van der Waals surface area contributed by atoms with Crippen LogP contribution in [0.4, 0.5) is 0 Å². The number of carbonyl (C=O) groups excluding carboxylic acids is 1. The van der Waals surface area contributed by atoms with Crippen LogP contribution in [0.15, 0.2) is 24.3 Å². The fourth-order valence-electron chi connectivity index (χ4n) is 0.541. The third-order valence-corrected chi connectivity index (χ3v) is 1.26. The summed E-state index contributed by atoms with van der Waals surface area (Å²) in [4.78, 5) is 10.1. The van der Waals surface area contributed by atoms with E-state index in [1.807, 2.05) is 0 Å². The zero-order valence-electron chi connectivity index (χ0n) is 6.14. The molecule has 1 aromatic rings. The van der Waals surface area contributed by atoms with Gasteiger partial charge in [0, 0.05) is 10.6 Å². The molecule has 63 valence electrons. The summed E-state index contributed by atoms with van der Waals surface area (Å²) in [6.45, 7) is 0. The van der Waals surface area contributed by atoms with Gasteiger partial charge in [-0.25, -0.2) is 0 Å². The molecule has 0 amide bonds. The molecule has 3 nitrogen and oxygen atoms in total. The lowest BCUT2D eigenvalue weighted by Crippen LogP contribution is -1.75. The molecule has 0 unspecified atom stereocenters. The molecular formula is C7H7BClO3. The van der Waals surface area contributed by atoms with Crippen LogP contribution < -0.4 is 0 Å². The number of hydrogen-bond acceptors (Lipinski definition) is 3. The van der Waals surface area contributed by atoms with Gasteiger partial charge in [-0.3, -0.25) is 4.79 Å². The van der Waals surface area contributed by atoms with E-state index in [0.717, 1.165) is 6.29 Å². The van der Waals surface area contributed by atoms with Crippen LogP contribution in [-0.4, -0.2) is 24.0 Å². The Balaban J connectivity index is 0.000000354. The molecule has 0 atom stereocenters. The van der Waals surface area contributed by atoms with Crippen LogP contribution in [0, 0.1) is 0 Å². The quantitative estimate of drug-likeness (QED) is 0.499. The van der Waals surface area contributed by atoms with Crippen LogP contribution in [0.25, 0.3) is 0 Å². The first-order valence-electron chi connectivity index (χ1n) is 3.05. The van der Waals surface area contributed by atoms with E-state index >= 15 is 0 Å². The maximum atomic E-state index is 10.1. The van der Waals surface area contributed by atoms with E-state index in [2.05, 4.69) is 0 Å². The van der Waals surface area contributed by atoms with Crippen LogP contribution in [0.5, 0.6) is 0 Å². The summed E-state index contributed by atoms with van der Waals surface area (Å²) >= 11 is 5.55. The van der Waals surface area contributed by atoms with Crippen molar-refractivity contribution in [3.8, 4) is 0 Å². The van der Waals surface area contributed by atoms with Gasteiger partial charge >= 0.3 is 7.69 Å². The Hall–Kier alpha value is -0.835. The molecule has 12 heavy (non-hydrogen) atoms. The van der Waals surface area contributed by atoms with Crippen LogP contribution in [0.1, 0.15) is 10.4 Å². The van der Waals surface area contributed by atoms with E-state index in [0.29, 0.717) is 10.6 Å². The lowest BCUT2D eigenvalue weighted by molar-refractivity contribution is 0.112. The summed E-state index contributed by atoms with van der Waals surface area (Å²) in [5, 5.41) is 14.7. The van der Waals surface area contributed by atoms with E-state index in [-0.39, 0.29) is 7.69 Å². The predicted octanol–water partition coefficient (Wildman–Crippen LogP) is 0.658. The molecule has 2 N–H and O–H groups in total. The van der Waals surface area contributed by atoms with Gasteiger partial charge in [-0.1, -0.05) is 23.7 Å². The van der Waals surface area contributed by atoms with Crippen molar-refractivity contribution in [1.82, 2.24) is 0 Å². The largest absolute Gasteiger partial charge is 0.482 e. The van der Waals surface area contributed by atoms with Crippen molar-refractivity contribution in [2.75, 3.05) is 0 Å². The molecule has 0 bridgehead atoms. The van der Waals surface area contributed by atoms with Crippen LogP contribution >= 0.6 is 11.6 Å². The van der Waals surface area contributed by atoms with Crippen molar-refractivity contribution in [2.24, 2.45) is 0 Å². The number of rotatable bonds is 1. The van der Waals surface area contributed by atoms with Crippen LogP contribution in [0.3, 0.4) is 0 Å². The second kappa shape index (κ2) is 6.85. The van der Waals surface area contributed by atoms with Crippen molar-refractivity contribution in [3.05, 3.63) is 34.9 Å². The molecule has 0 saturated carbocycles. The van der Waals surface area contributed by atoms with Crippen LogP contribution in [0.2, 0.25) is 5.02 Å². The first-order valence-corrected chi connectivity index (χ1v) is 3.43. The minimum Gasteiger partial charge on any atom is -0.429 e. The highest BCUT2D eigenvalue weighted by atomic mass is 35.5. The fourth-order valence-corrected chi connectivity index (χ4v) is 0.667. The first-order chi connectivity index (χ1) is 5.74. The number of halogens is 1. The van der Waals surface area contributed by atoms with Crippen molar-refractivity contribution >= 4 is 25.6 Å². The van der Waals surface area contributed by atoms with Crippen molar-refractivity contribution in [2.45, 2.75) is 0 Å². The molecule has 0 spiro atoms. The van der Waals surface area contributed by atoms with E-state index in [1.165, 1.54) is 0 Å². The molecule has 0 aliphatic heterocycles. The highest BCUT2D eigenvalue weighted by Gasteiger charge is 1.86. The molecule has 0 aromatic heterocycles. The Kier molecular flexibility index (Phi) is 6.37. The van der Waals surface area contributed by atoms with Crippen molar-refractivity contribution < 1.29 is 14.8 Å². The summed E-state index contributed by atoms with van der Waals surface area (Å²) in [5.74, 6) is 0. The Labute approximate surface area is 75.9 Å². The fraction of sp³-hybridized carbons (Fsp3) is 0. The maximum Gasteiger partial charge on any atom is 0.482 e. The maximum absolute atomic E-state index is 10.1. The van der Waals surface area contributed by atoms with Gasteiger partial charge in [0.2, 0.25) is 0 Å². The summed E-state index contributed by atoms with van der Waals surface area (Å²) in [6, 6.07) is 6.72. The lowest BCUT2D eigenvalue weighted by atomic mass is 10.2. The lowest BCUT2D eigenvalue weighted by Gasteiger charge is -1.87. The number of carbonyl (C=O) groups is 1. The van der Waals surface area contributed by atoms with Gasteiger partial charge in [0.05, 0.1) is 0 Å². The third kappa shape index (κ3) is 4.90. The molecule has 0 heterocycles. The van der Waals surface area contributed by atoms with E-state index < -0.39 is 0 Å². The van der Waals surface area contributed by atoms with Crippen LogP contribution in [-0.2, 0) is 0 Å². The van der Waals surface area contributed by atoms with Gasteiger partial charge in [-0.15, -0.1) is 0 Å². The van der Waals surface area contributed by atoms with Gasteiger partial charge in [0.15, 0.2) is 0 Å². The minimum absolute atomic E-state index is 0. The normalized spacial score (nSPS) is 7.92. The molecule has 5 heteroatoms. The zero-order chi connectivity index (χ0) is 9.40. The van der Waals surface area contributed by atoms with Gasteiger partial charge in [0.25, 0.3) is 0 Å². The second-order valence-corrected chi connectivity index (χ2v) is 2.22. The van der Waals surface area contributed by atoms with Gasteiger partial charge in [-0.05, 0) is 12.1 Å². The van der Waals surface area contributed by atoms with Crippen molar-refractivity contribution in [3.63, 3.8) is 0 Å². The standard InChI is InChI=1S/C7H5ClO.BH2O2/c8-7-3-1-6(5-9)2-4-7;2-1-3/h1-5H;2-3H. The highest BCUT2D eigenvalue weighted by molar-refractivity contribution is 6.30. The highest BCUT2D eigenvalue weighted by Crippen LogP contribution is 2.07. The first kappa shape index (κ1) is 11.2. The topological polar surface area (TPSA) is 57.5 Å². The van der Waals surface area contributed by atoms with E-state index in [4.69, 9.17) is 21.6 Å². The summed E-state index contributed by atoms with van der Waals surface area (Å²) in [6.07, 6.45) is 0.788. The number of aldehydes is 1. The average molecular weight is 185 g/mol. The van der Waals surface area contributed by atoms with E-state index in [9.17, 15) is 4.79 Å². The number of hydrogen-bond donors (Lipinski definition) is 2. The summed E-state index contributed by atoms with van der Waals surface area (Å²) < 4.78 is 0. The predicted molar refractivity (Wildman–Crippen MR) is 47.0 cm³/mol. The molecule has 0 saturated heterocycles. The zero-order valence-corrected chi connectivity index (χ0v) is 6.90. The molecular weight excluding hydrogens is 178 g/mol. The van der Waals surface area contributed by atoms with Gasteiger partial charge < -0.3 is 10.0 Å². The van der Waals surface area contributed by atoms with E-state index in [1.54, 1.807) is 24.3 Å². The third-order valence-electron chi connectivity index (χ3n) is 1.01. The molecule has 1 aromatic carbocycles. The Morgan fingerprint density at radius 3 is 2.00 bits per heavy atom.